The molecule has 0 spiro atoms. The second-order valence-electron chi connectivity index (χ2n) is 4.74. The zero-order valence-corrected chi connectivity index (χ0v) is 11.9. The van der Waals surface area contributed by atoms with Gasteiger partial charge in [0.2, 0.25) is 5.88 Å². The van der Waals surface area contributed by atoms with E-state index in [1.54, 1.807) is 12.1 Å². The fourth-order valence-electron chi connectivity index (χ4n) is 1.57. The molecule has 3 heterocycles. The summed E-state index contributed by atoms with van der Waals surface area (Å²) in [6, 6.07) is 3.53. The minimum Gasteiger partial charge on any atom is -0.485 e. The molecular weight excluding hydrogens is 278 g/mol. The highest BCUT2D eigenvalue weighted by Gasteiger charge is 2.25. The number of epoxide rings is 2. The lowest BCUT2D eigenvalue weighted by Crippen LogP contribution is -2.10. The molecule has 2 saturated heterocycles. The smallest absolute Gasteiger partial charge is 0.262 e. The summed E-state index contributed by atoms with van der Waals surface area (Å²) in [5.74, 6) is 1.39. The van der Waals surface area contributed by atoms with E-state index >= 15 is 0 Å². The third kappa shape index (κ3) is 4.73. The van der Waals surface area contributed by atoms with E-state index in [-0.39, 0.29) is 19.0 Å². The third-order valence-electron chi connectivity index (χ3n) is 2.93. The molecule has 2 unspecified atom stereocenters. The maximum atomic E-state index is 5.64. The highest BCUT2D eigenvalue weighted by Crippen LogP contribution is 2.29. The van der Waals surface area contributed by atoms with E-state index in [0.29, 0.717) is 37.3 Å². The van der Waals surface area contributed by atoms with Gasteiger partial charge in [-0.3, -0.25) is 0 Å². The molecule has 0 bridgehead atoms. The molecule has 3 rings (SSSR count). The Morgan fingerprint density at radius 3 is 2.48 bits per heavy atom. The van der Waals surface area contributed by atoms with Gasteiger partial charge in [0.15, 0.2) is 12.5 Å². The molecule has 21 heavy (non-hydrogen) atoms. The molecule has 0 radical (unpaired) electrons. The van der Waals surface area contributed by atoms with E-state index in [1.807, 2.05) is 6.92 Å². The van der Waals surface area contributed by atoms with E-state index in [9.17, 15) is 0 Å². The van der Waals surface area contributed by atoms with Crippen LogP contribution in [0.15, 0.2) is 12.1 Å². The van der Waals surface area contributed by atoms with Gasteiger partial charge in [-0.1, -0.05) is 0 Å². The van der Waals surface area contributed by atoms with Crippen LogP contribution in [0.3, 0.4) is 0 Å². The van der Waals surface area contributed by atoms with Crippen molar-refractivity contribution >= 4 is 0 Å². The van der Waals surface area contributed by atoms with Crippen molar-refractivity contribution in [3.05, 3.63) is 12.1 Å². The van der Waals surface area contributed by atoms with Crippen molar-refractivity contribution in [2.75, 3.05) is 39.8 Å². The lowest BCUT2D eigenvalue weighted by Gasteiger charge is -2.12. The average molecular weight is 297 g/mol. The molecule has 1 aromatic heterocycles. The molecule has 2 aliphatic rings. The third-order valence-corrected chi connectivity index (χ3v) is 2.93. The Morgan fingerprint density at radius 1 is 1.10 bits per heavy atom. The van der Waals surface area contributed by atoms with Crippen molar-refractivity contribution in [1.29, 1.82) is 0 Å². The maximum Gasteiger partial charge on any atom is 0.262 e. The summed E-state index contributed by atoms with van der Waals surface area (Å²) in [6.45, 7) is 5.06. The van der Waals surface area contributed by atoms with Crippen molar-refractivity contribution in [3.8, 4) is 17.5 Å². The first-order chi connectivity index (χ1) is 10.3. The number of rotatable bonds is 10. The number of ether oxygens (including phenoxy) is 6. The van der Waals surface area contributed by atoms with Crippen LogP contribution in [0.2, 0.25) is 0 Å². The highest BCUT2D eigenvalue weighted by molar-refractivity contribution is 5.36. The van der Waals surface area contributed by atoms with Crippen molar-refractivity contribution in [2.24, 2.45) is 0 Å². The molecule has 116 valence electrons. The number of hydrogen-bond acceptors (Lipinski definition) is 7. The van der Waals surface area contributed by atoms with Gasteiger partial charge in [0.05, 0.1) is 13.2 Å². The summed E-state index contributed by atoms with van der Waals surface area (Å²) in [7, 11) is 0. The zero-order chi connectivity index (χ0) is 14.5. The second kappa shape index (κ2) is 6.93. The first-order valence-electron chi connectivity index (χ1n) is 7.05. The van der Waals surface area contributed by atoms with Crippen molar-refractivity contribution in [1.82, 2.24) is 4.98 Å². The summed E-state index contributed by atoms with van der Waals surface area (Å²) in [5, 5.41) is 0. The van der Waals surface area contributed by atoms with Crippen LogP contribution >= 0.6 is 0 Å². The Labute approximate surface area is 123 Å². The molecule has 0 N–H and O–H groups in total. The Morgan fingerprint density at radius 2 is 1.81 bits per heavy atom. The average Bonchev–Trinajstić information content (AvgIpc) is 3.38. The van der Waals surface area contributed by atoms with Crippen LogP contribution in [0.25, 0.3) is 0 Å². The number of aromatic nitrogens is 1. The van der Waals surface area contributed by atoms with Crippen LogP contribution in [0.1, 0.15) is 6.92 Å². The molecule has 1 aromatic rings. The van der Waals surface area contributed by atoms with E-state index in [4.69, 9.17) is 28.4 Å². The predicted molar refractivity (Wildman–Crippen MR) is 71.8 cm³/mol. The summed E-state index contributed by atoms with van der Waals surface area (Å²) in [4.78, 5) is 4.30. The molecule has 2 aliphatic heterocycles. The maximum absolute atomic E-state index is 5.64. The van der Waals surface area contributed by atoms with Gasteiger partial charge in [-0.25, -0.2) is 0 Å². The predicted octanol–water partition coefficient (Wildman–Crippen LogP) is 1.01. The van der Waals surface area contributed by atoms with Crippen molar-refractivity contribution < 1.29 is 28.4 Å². The molecule has 0 saturated carbocycles. The molecule has 7 heteroatoms. The fourth-order valence-corrected chi connectivity index (χ4v) is 1.57. The van der Waals surface area contributed by atoms with E-state index in [0.717, 1.165) is 13.2 Å². The summed E-state index contributed by atoms with van der Waals surface area (Å²) >= 11 is 0. The van der Waals surface area contributed by atoms with Crippen LogP contribution in [-0.2, 0) is 14.2 Å². The van der Waals surface area contributed by atoms with Gasteiger partial charge in [0, 0.05) is 12.7 Å². The largest absolute Gasteiger partial charge is 0.485 e. The summed E-state index contributed by atoms with van der Waals surface area (Å²) in [5.41, 5.74) is 0. The highest BCUT2D eigenvalue weighted by atomic mass is 16.7. The first-order valence-corrected chi connectivity index (χ1v) is 7.05. The monoisotopic (exact) mass is 297 g/mol. The Kier molecular flexibility index (Phi) is 4.74. The first kappa shape index (κ1) is 14.4. The molecular formula is C14H19NO6. The minimum atomic E-state index is 0.120. The van der Waals surface area contributed by atoms with Gasteiger partial charge >= 0.3 is 0 Å². The van der Waals surface area contributed by atoms with Crippen molar-refractivity contribution in [2.45, 2.75) is 19.1 Å². The second-order valence-corrected chi connectivity index (χ2v) is 4.74. The van der Waals surface area contributed by atoms with E-state index in [1.165, 1.54) is 0 Å². The molecule has 2 atom stereocenters. The molecule has 2 fully saturated rings. The number of nitrogens with zero attached hydrogens (tertiary/aromatic N) is 1. The number of hydrogen-bond donors (Lipinski definition) is 0. The fraction of sp³-hybridized carbons (Fsp3) is 0.643. The van der Waals surface area contributed by atoms with Crippen LogP contribution < -0.4 is 14.2 Å². The van der Waals surface area contributed by atoms with Gasteiger partial charge < -0.3 is 28.4 Å². The van der Waals surface area contributed by atoms with Crippen LogP contribution in [0.5, 0.6) is 17.5 Å². The van der Waals surface area contributed by atoms with Crippen LogP contribution in [0.4, 0.5) is 0 Å². The van der Waals surface area contributed by atoms with Gasteiger partial charge in [0.1, 0.15) is 25.4 Å². The minimum absolute atomic E-state index is 0.120. The molecule has 0 aromatic carbocycles. The summed E-state index contributed by atoms with van der Waals surface area (Å²) < 4.78 is 32.0. The van der Waals surface area contributed by atoms with Gasteiger partial charge in [0.25, 0.3) is 5.88 Å². The standard InChI is InChI=1S/C14H19NO6/c1-2-16-9-21-14-12(19-7-10-5-17-10)3-4-13(15-14)20-8-11-6-18-11/h3-4,10-11H,2,5-9H2,1H3. The van der Waals surface area contributed by atoms with Gasteiger partial charge in [-0.2, -0.15) is 4.98 Å². The van der Waals surface area contributed by atoms with Gasteiger partial charge in [-0.05, 0) is 13.0 Å². The lowest BCUT2D eigenvalue weighted by molar-refractivity contribution is 0.0171. The zero-order valence-electron chi connectivity index (χ0n) is 11.9. The normalized spacial score (nSPS) is 22.7. The molecule has 0 aliphatic carbocycles. The number of pyridine rings is 1. The SMILES string of the molecule is CCOCOc1nc(OCC2CO2)ccc1OCC1CO1. The lowest BCUT2D eigenvalue weighted by atomic mass is 10.4. The van der Waals surface area contributed by atoms with Crippen LogP contribution in [-0.4, -0.2) is 57.0 Å². The quantitative estimate of drug-likeness (QED) is 0.362. The molecule has 0 amide bonds. The van der Waals surface area contributed by atoms with Crippen LogP contribution in [0, 0.1) is 0 Å². The summed E-state index contributed by atoms with van der Waals surface area (Å²) in [6.07, 6.45) is 0.357. The molecule has 7 nitrogen and oxygen atoms in total. The Hall–Kier alpha value is -1.57. The van der Waals surface area contributed by atoms with Crippen molar-refractivity contribution in [3.63, 3.8) is 0 Å². The van der Waals surface area contributed by atoms with Gasteiger partial charge in [-0.15, -0.1) is 0 Å². The Bertz CT molecular complexity index is 461. The van der Waals surface area contributed by atoms with E-state index < -0.39 is 0 Å². The Balaban J connectivity index is 1.60. The van der Waals surface area contributed by atoms with E-state index in [2.05, 4.69) is 4.98 Å². The topological polar surface area (TPSA) is 74.9 Å².